The van der Waals surface area contributed by atoms with Crippen molar-refractivity contribution < 1.29 is 18.3 Å². The van der Waals surface area contributed by atoms with Crippen LogP contribution in [0.5, 0.6) is 0 Å². The predicted molar refractivity (Wildman–Crippen MR) is 66.0 cm³/mol. The summed E-state index contributed by atoms with van der Waals surface area (Å²) in [5.41, 5.74) is -0.877. The van der Waals surface area contributed by atoms with E-state index in [1.807, 2.05) is 12.2 Å². The number of aliphatic hydroxyl groups is 1. The third kappa shape index (κ3) is 3.39. The number of nitrogens with one attached hydrogen (secondary N) is 1. The number of aromatic nitrogens is 1. The molecule has 1 aliphatic rings. The molecule has 0 saturated heterocycles. The Morgan fingerprint density at radius 2 is 2.16 bits per heavy atom. The average Bonchev–Trinajstić information content (AvgIpc) is 2.78. The zero-order valence-corrected chi connectivity index (χ0v) is 10.5. The fourth-order valence-electron chi connectivity index (χ4n) is 1.89. The van der Waals surface area contributed by atoms with Gasteiger partial charge in [0.2, 0.25) is 0 Å². The van der Waals surface area contributed by atoms with E-state index >= 15 is 0 Å². The number of alkyl halides is 3. The van der Waals surface area contributed by atoms with E-state index in [4.69, 9.17) is 16.7 Å². The minimum Gasteiger partial charge on any atom is -0.396 e. The molecule has 3 nitrogen and oxygen atoms in total. The van der Waals surface area contributed by atoms with E-state index in [0.29, 0.717) is 6.42 Å². The number of rotatable bonds is 3. The molecule has 1 heterocycles. The van der Waals surface area contributed by atoms with E-state index in [1.54, 1.807) is 0 Å². The Kier molecular flexibility index (Phi) is 4.01. The highest BCUT2D eigenvalue weighted by Crippen LogP contribution is 2.33. The standard InChI is InChI=1S/C12H12ClF3N2O/c13-10-4-8(12(14,15)16)5-17-11(10)18-9-2-1-7(3-9)6-19/h1-2,4-5,7,9,19H,3,6H2,(H,17,18)/t7-,9+/m0/s1. The maximum absolute atomic E-state index is 12.4. The summed E-state index contributed by atoms with van der Waals surface area (Å²) in [5, 5.41) is 11.9. The number of nitrogens with zero attached hydrogens (tertiary/aromatic N) is 1. The summed E-state index contributed by atoms with van der Waals surface area (Å²) in [7, 11) is 0. The Hall–Kier alpha value is -1.27. The van der Waals surface area contributed by atoms with Crippen LogP contribution in [-0.2, 0) is 6.18 Å². The van der Waals surface area contributed by atoms with Gasteiger partial charge in [0.05, 0.1) is 10.6 Å². The molecule has 2 rings (SSSR count). The van der Waals surface area contributed by atoms with Gasteiger partial charge < -0.3 is 10.4 Å². The molecular formula is C12H12ClF3N2O. The summed E-state index contributed by atoms with van der Waals surface area (Å²) in [5.74, 6) is 0.272. The van der Waals surface area contributed by atoms with Crippen LogP contribution in [0.15, 0.2) is 24.4 Å². The topological polar surface area (TPSA) is 45.1 Å². The van der Waals surface area contributed by atoms with E-state index in [9.17, 15) is 13.2 Å². The van der Waals surface area contributed by atoms with Gasteiger partial charge in [-0.15, -0.1) is 0 Å². The van der Waals surface area contributed by atoms with Gasteiger partial charge in [0.15, 0.2) is 0 Å². The molecule has 19 heavy (non-hydrogen) atoms. The fourth-order valence-corrected chi connectivity index (χ4v) is 2.11. The van der Waals surface area contributed by atoms with Crippen LogP contribution in [-0.4, -0.2) is 22.7 Å². The van der Waals surface area contributed by atoms with E-state index < -0.39 is 11.7 Å². The number of aliphatic hydroxyl groups excluding tert-OH is 1. The van der Waals surface area contributed by atoms with Gasteiger partial charge >= 0.3 is 6.18 Å². The van der Waals surface area contributed by atoms with Crippen LogP contribution in [0.3, 0.4) is 0 Å². The minimum atomic E-state index is -4.45. The largest absolute Gasteiger partial charge is 0.417 e. The molecule has 7 heteroatoms. The maximum atomic E-state index is 12.4. The molecule has 0 unspecified atom stereocenters. The molecular weight excluding hydrogens is 281 g/mol. The number of anilines is 1. The second kappa shape index (κ2) is 5.38. The average molecular weight is 293 g/mol. The second-order valence-electron chi connectivity index (χ2n) is 4.37. The monoisotopic (exact) mass is 292 g/mol. The highest BCUT2D eigenvalue weighted by molar-refractivity contribution is 6.33. The lowest BCUT2D eigenvalue weighted by molar-refractivity contribution is -0.137. The van der Waals surface area contributed by atoms with E-state index in [-0.39, 0.29) is 29.4 Å². The molecule has 2 atom stereocenters. The molecule has 2 N–H and O–H groups in total. The summed E-state index contributed by atoms with van der Waals surface area (Å²) in [4.78, 5) is 3.70. The Labute approximate surface area is 113 Å². The minimum absolute atomic E-state index is 0.0445. The SMILES string of the molecule is OC[C@H]1C=C[C@@H](Nc2ncc(C(F)(F)F)cc2Cl)C1. The molecule has 104 valence electrons. The molecule has 0 saturated carbocycles. The van der Waals surface area contributed by atoms with E-state index in [1.165, 1.54) is 0 Å². The lowest BCUT2D eigenvalue weighted by atomic mass is 10.1. The maximum Gasteiger partial charge on any atom is 0.417 e. The Balaban J connectivity index is 2.08. The predicted octanol–water partition coefficient (Wildman–Crippen LogP) is 3.10. The lowest BCUT2D eigenvalue weighted by Gasteiger charge is -2.15. The van der Waals surface area contributed by atoms with E-state index in [2.05, 4.69) is 10.3 Å². The highest BCUT2D eigenvalue weighted by atomic mass is 35.5. The van der Waals surface area contributed by atoms with Crippen molar-refractivity contribution in [2.24, 2.45) is 5.92 Å². The Morgan fingerprint density at radius 3 is 2.68 bits per heavy atom. The molecule has 1 aliphatic carbocycles. The van der Waals surface area contributed by atoms with Crippen LogP contribution in [0.2, 0.25) is 5.02 Å². The van der Waals surface area contributed by atoms with Crippen LogP contribution in [0.25, 0.3) is 0 Å². The van der Waals surface area contributed by atoms with E-state index in [0.717, 1.165) is 12.3 Å². The van der Waals surface area contributed by atoms with Gasteiger partial charge in [-0.25, -0.2) is 4.98 Å². The van der Waals surface area contributed by atoms with Crippen LogP contribution >= 0.6 is 11.6 Å². The number of pyridine rings is 1. The smallest absolute Gasteiger partial charge is 0.396 e. The molecule has 0 aliphatic heterocycles. The van der Waals surface area contributed by atoms with Gasteiger partial charge in [-0.2, -0.15) is 13.2 Å². The van der Waals surface area contributed by atoms with Crippen molar-refractivity contribution in [3.63, 3.8) is 0 Å². The van der Waals surface area contributed by atoms with Crippen molar-refractivity contribution in [3.8, 4) is 0 Å². The third-order valence-corrected chi connectivity index (χ3v) is 3.19. The Morgan fingerprint density at radius 1 is 1.42 bits per heavy atom. The summed E-state index contributed by atoms with van der Waals surface area (Å²) in [6.45, 7) is 0.0445. The Bertz CT molecular complexity index is 490. The van der Waals surface area contributed by atoms with Crippen molar-refractivity contribution >= 4 is 17.4 Å². The van der Waals surface area contributed by atoms with Gasteiger partial charge in [0.1, 0.15) is 5.82 Å². The molecule has 0 fully saturated rings. The van der Waals surface area contributed by atoms with Gasteiger partial charge in [-0.1, -0.05) is 23.8 Å². The van der Waals surface area contributed by atoms with Gasteiger partial charge in [0.25, 0.3) is 0 Å². The summed E-state index contributed by atoms with van der Waals surface area (Å²) in [6.07, 6.45) is 0.655. The van der Waals surface area contributed by atoms with Crippen molar-refractivity contribution in [2.45, 2.75) is 18.6 Å². The van der Waals surface area contributed by atoms with Crippen LogP contribution < -0.4 is 5.32 Å². The first kappa shape index (κ1) is 14.1. The molecule has 0 bridgehead atoms. The molecule has 1 aromatic rings. The number of hydrogen-bond acceptors (Lipinski definition) is 3. The zero-order chi connectivity index (χ0) is 14.0. The third-order valence-electron chi connectivity index (χ3n) is 2.90. The number of halogens is 4. The van der Waals surface area contributed by atoms with Crippen molar-refractivity contribution in [1.29, 1.82) is 0 Å². The first-order chi connectivity index (χ1) is 8.90. The summed E-state index contributed by atoms with van der Waals surface area (Å²) >= 11 is 5.79. The summed E-state index contributed by atoms with van der Waals surface area (Å²) < 4.78 is 37.3. The van der Waals surface area contributed by atoms with Crippen molar-refractivity contribution in [2.75, 3.05) is 11.9 Å². The second-order valence-corrected chi connectivity index (χ2v) is 4.77. The normalized spacial score (nSPS) is 22.8. The molecule has 0 amide bonds. The first-order valence-electron chi connectivity index (χ1n) is 5.68. The lowest BCUT2D eigenvalue weighted by Crippen LogP contribution is -2.18. The molecule has 0 radical (unpaired) electrons. The molecule has 0 aromatic carbocycles. The van der Waals surface area contributed by atoms with Crippen molar-refractivity contribution in [3.05, 3.63) is 35.0 Å². The zero-order valence-electron chi connectivity index (χ0n) is 9.78. The van der Waals surface area contributed by atoms with Crippen LogP contribution in [0.1, 0.15) is 12.0 Å². The van der Waals surface area contributed by atoms with Gasteiger partial charge in [0, 0.05) is 24.8 Å². The molecule has 0 spiro atoms. The van der Waals surface area contributed by atoms with Crippen LogP contribution in [0.4, 0.5) is 19.0 Å². The van der Waals surface area contributed by atoms with Crippen molar-refractivity contribution in [1.82, 2.24) is 4.98 Å². The summed E-state index contributed by atoms with van der Waals surface area (Å²) in [6, 6.07) is 0.762. The highest BCUT2D eigenvalue weighted by Gasteiger charge is 2.31. The quantitative estimate of drug-likeness (QED) is 0.842. The first-order valence-corrected chi connectivity index (χ1v) is 6.06. The number of hydrogen-bond donors (Lipinski definition) is 2. The van der Waals surface area contributed by atoms with Gasteiger partial charge in [-0.05, 0) is 12.5 Å². The molecule has 1 aromatic heterocycles. The van der Waals surface area contributed by atoms with Crippen LogP contribution in [0, 0.1) is 5.92 Å². The van der Waals surface area contributed by atoms with Gasteiger partial charge in [-0.3, -0.25) is 0 Å². The fraction of sp³-hybridized carbons (Fsp3) is 0.417.